The molecule has 5 heteroatoms. The Morgan fingerprint density at radius 3 is 2.64 bits per heavy atom. The Hall–Kier alpha value is -1.59. The summed E-state index contributed by atoms with van der Waals surface area (Å²) in [5.74, 6) is 0.953. The molecule has 1 N–H and O–H groups in total. The average Bonchev–Trinajstić information content (AvgIpc) is 2.62. The molecule has 0 unspecified atom stereocenters. The van der Waals surface area contributed by atoms with Gasteiger partial charge in [-0.05, 0) is 18.9 Å². The van der Waals surface area contributed by atoms with Crippen LogP contribution in [0, 0.1) is 0 Å². The number of nitrogens with zero attached hydrogens (tertiary/aromatic N) is 2. The lowest BCUT2D eigenvalue weighted by Gasteiger charge is -2.45. The van der Waals surface area contributed by atoms with E-state index in [0.29, 0.717) is 13.1 Å². The van der Waals surface area contributed by atoms with Crippen LogP contribution in [0.2, 0.25) is 0 Å². The zero-order valence-electron chi connectivity index (χ0n) is 15.4. The van der Waals surface area contributed by atoms with E-state index in [0.717, 1.165) is 50.1 Å². The zero-order valence-corrected chi connectivity index (χ0v) is 15.4. The van der Waals surface area contributed by atoms with E-state index in [4.69, 9.17) is 4.74 Å². The first-order valence-electron chi connectivity index (χ1n) is 9.37. The second kappa shape index (κ2) is 7.75. The third-order valence-corrected chi connectivity index (χ3v) is 5.72. The number of ether oxygens (including phenoxy) is 1. The molecule has 3 rings (SSSR count). The van der Waals surface area contributed by atoms with Gasteiger partial charge in [-0.1, -0.05) is 37.5 Å². The molecule has 0 radical (unpaired) electrons. The van der Waals surface area contributed by atoms with E-state index in [2.05, 4.69) is 11.0 Å². The van der Waals surface area contributed by atoms with Gasteiger partial charge in [-0.3, -0.25) is 9.69 Å². The number of para-hydroxylation sites is 1. The lowest BCUT2D eigenvalue weighted by molar-refractivity contribution is -0.133. The van der Waals surface area contributed by atoms with Gasteiger partial charge in [0, 0.05) is 38.7 Å². The SMILES string of the molecule is COc1ccccc1[C@H]1CN(C(C)=O)CCN1CC1(O)CCCCC1. The van der Waals surface area contributed by atoms with Crippen LogP contribution in [0.5, 0.6) is 5.75 Å². The third-order valence-electron chi connectivity index (χ3n) is 5.72. The van der Waals surface area contributed by atoms with Crippen LogP contribution in [0.1, 0.15) is 50.6 Å². The first-order chi connectivity index (χ1) is 12.0. The van der Waals surface area contributed by atoms with Crippen molar-refractivity contribution in [3.8, 4) is 5.75 Å². The molecule has 2 aliphatic rings. The molecule has 5 nitrogen and oxygen atoms in total. The number of piperazine rings is 1. The molecule has 2 fully saturated rings. The lowest BCUT2D eigenvalue weighted by Crippen LogP contribution is -2.54. The molecule has 1 heterocycles. The molecule has 1 aliphatic heterocycles. The largest absolute Gasteiger partial charge is 0.496 e. The molecule has 1 saturated heterocycles. The van der Waals surface area contributed by atoms with Gasteiger partial charge in [0.1, 0.15) is 5.75 Å². The van der Waals surface area contributed by atoms with E-state index in [1.54, 1.807) is 14.0 Å². The van der Waals surface area contributed by atoms with E-state index in [1.807, 2.05) is 23.1 Å². The van der Waals surface area contributed by atoms with Gasteiger partial charge in [-0.2, -0.15) is 0 Å². The molecule has 1 aromatic carbocycles. The molecule has 0 aromatic heterocycles. The van der Waals surface area contributed by atoms with Crippen LogP contribution in [0.25, 0.3) is 0 Å². The smallest absolute Gasteiger partial charge is 0.219 e. The molecular weight excluding hydrogens is 316 g/mol. The first-order valence-corrected chi connectivity index (χ1v) is 9.37. The summed E-state index contributed by atoms with van der Waals surface area (Å²) in [6, 6.07) is 8.07. The maximum absolute atomic E-state index is 11.9. The van der Waals surface area contributed by atoms with Crippen LogP contribution in [0.3, 0.4) is 0 Å². The highest BCUT2D eigenvalue weighted by Gasteiger charge is 2.37. The van der Waals surface area contributed by atoms with Gasteiger partial charge in [-0.15, -0.1) is 0 Å². The molecule has 0 spiro atoms. The minimum atomic E-state index is -0.600. The summed E-state index contributed by atoms with van der Waals surface area (Å²) in [5.41, 5.74) is 0.493. The number of aliphatic hydroxyl groups is 1. The number of hydrogen-bond acceptors (Lipinski definition) is 4. The zero-order chi connectivity index (χ0) is 17.9. The van der Waals surface area contributed by atoms with Crippen molar-refractivity contribution in [2.45, 2.75) is 50.7 Å². The number of β-amino-alcohol motifs (C(OH)–C–C–N with tert-alkyl or cyclic N) is 1. The fourth-order valence-corrected chi connectivity index (χ4v) is 4.28. The number of benzene rings is 1. The van der Waals surface area contributed by atoms with Crippen molar-refractivity contribution in [1.29, 1.82) is 0 Å². The Morgan fingerprint density at radius 2 is 1.96 bits per heavy atom. The van der Waals surface area contributed by atoms with Crippen molar-refractivity contribution < 1.29 is 14.6 Å². The van der Waals surface area contributed by atoms with Crippen molar-refractivity contribution in [3.05, 3.63) is 29.8 Å². The van der Waals surface area contributed by atoms with Gasteiger partial charge in [0.05, 0.1) is 18.8 Å². The maximum atomic E-state index is 11.9. The monoisotopic (exact) mass is 346 g/mol. The summed E-state index contributed by atoms with van der Waals surface area (Å²) in [7, 11) is 1.68. The second-order valence-corrected chi connectivity index (χ2v) is 7.48. The van der Waals surface area contributed by atoms with Crippen LogP contribution in [0.15, 0.2) is 24.3 Å². The first kappa shape index (κ1) is 18.2. The van der Waals surface area contributed by atoms with Crippen LogP contribution in [-0.4, -0.2) is 59.7 Å². The molecule has 1 aromatic rings. The Labute approximate surface area is 150 Å². The summed E-state index contributed by atoms with van der Waals surface area (Å²) in [5, 5.41) is 11.0. The standard InChI is InChI=1S/C20H30N2O3/c1-16(23)21-12-13-22(15-20(24)10-6-3-7-11-20)18(14-21)17-8-4-5-9-19(17)25-2/h4-5,8-9,18,24H,3,6-7,10-15H2,1-2H3/t18-/m1/s1. The predicted molar refractivity (Wildman–Crippen MR) is 97.6 cm³/mol. The molecule has 1 atom stereocenters. The summed E-state index contributed by atoms with van der Waals surface area (Å²) < 4.78 is 5.57. The number of carbonyl (C=O) groups is 1. The third kappa shape index (κ3) is 4.15. The highest BCUT2D eigenvalue weighted by atomic mass is 16.5. The minimum absolute atomic E-state index is 0.0553. The number of methoxy groups -OCH3 is 1. The van der Waals surface area contributed by atoms with Crippen LogP contribution < -0.4 is 4.74 Å². The number of amides is 1. The fraction of sp³-hybridized carbons (Fsp3) is 0.650. The van der Waals surface area contributed by atoms with Crippen molar-refractivity contribution in [1.82, 2.24) is 9.80 Å². The van der Waals surface area contributed by atoms with E-state index in [1.165, 1.54) is 6.42 Å². The molecule has 25 heavy (non-hydrogen) atoms. The van der Waals surface area contributed by atoms with E-state index in [-0.39, 0.29) is 11.9 Å². The van der Waals surface area contributed by atoms with Gasteiger partial charge in [-0.25, -0.2) is 0 Å². The van der Waals surface area contributed by atoms with E-state index < -0.39 is 5.60 Å². The highest BCUT2D eigenvalue weighted by Crippen LogP contribution is 2.36. The van der Waals surface area contributed by atoms with Crippen molar-refractivity contribution in [2.75, 3.05) is 33.3 Å². The van der Waals surface area contributed by atoms with Crippen molar-refractivity contribution in [3.63, 3.8) is 0 Å². The maximum Gasteiger partial charge on any atom is 0.219 e. The normalized spacial score (nSPS) is 24.1. The van der Waals surface area contributed by atoms with Gasteiger partial charge in [0.25, 0.3) is 0 Å². The summed E-state index contributed by atoms with van der Waals surface area (Å²) in [6.45, 7) is 4.44. The minimum Gasteiger partial charge on any atom is -0.496 e. The van der Waals surface area contributed by atoms with Gasteiger partial charge in [0.2, 0.25) is 5.91 Å². The summed E-state index contributed by atoms with van der Waals surface area (Å²) in [4.78, 5) is 16.2. The van der Waals surface area contributed by atoms with E-state index in [9.17, 15) is 9.90 Å². The van der Waals surface area contributed by atoms with Crippen LogP contribution in [0.4, 0.5) is 0 Å². The van der Waals surface area contributed by atoms with Gasteiger partial charge in [0.15, 0.2) is 0 Å². The molecule has 0 bridgehead atoms. The Kier molecular flexibility index (Phi) is 5.64. The highest BCUT2D eigenvalue weighted by molar-refractivity contribution is 5.73. The van der Waals surface area contributed by atoms with Crippen molar-refractivity contribution >= 4 is 5.91 Å². The van der Waals surface area contributed by atoms with Gasteiger partial charge >= 0.3 is 0 Å². The molecule has 1 saturated carbocycles. The molecule has 1 amide bonds. The molecule has 1 aliphatic carbocycles. The van der Waals surface area contributed by atoms with Gasteiger partial charge < -0.3 is 14.7 Å². The average molecular weight is 346 g/mol. The Bertz CT molecular complexity index is 598. The number of hydrogen-bond donors (Lipinski definition) is 1. The lowest BCUT2D eigenvalue weighted by atomic mass is 9.83. The number of carbonyl (C=O) groups excluding carboxylic acids is 1. The molecular formula is C20H30N2O3. The Morgan fingerprint density at radius 1 is 1.24 bits per heavy atom. The fourth-order valence-electron chi connectivity index (χ4n) is 4.28. The topological polar surface area (TPSA) is 53.0 Å². The summed E-state index contributed by atoms with van der Waals surface area (Å²) in [6.07, 6.45) is 5.17. The van der Waals surface area contributed by atoms with Crippen LogP contribution >= 0.6 is 0 Å². The van der Waals surface area contributed by atoms with E-state index >= 15 is 0 Å². The number of rotatable bonds is 4. The van der Waals surface area contributed by atoms with Crippen LogP contribution in [-0.2, 0) is 4.79 Å². The Balaban J connectivity index is 1.85. The second-order valence-electron chi connectivity index (χ2n) is 7.48. The predicted octanol–water partition coefficient (Wildman–Crippen LogP) is 2.60. The quantitative estimate of drug-likeness (QED) is 0.910. The summed E-state index contributed by atoms with van der Waals surface area (Å²) >= 11 is 0. The molecule has 138 valence electrons. The van der Waals surface area contributed by atoms with Crippen molar-refractivity contribution in [2.24, 2.45) is 0 Å².